The summed E-state index contributed by atoms with van der Waals surface area (Å²) < 4.78 is 21.2. The Bertz CT molecular complexity index is 1760. The number of halogens is 1. The number of aromatic nitrogens is 4. The summed E-state index contributed by atoms with van der Waals surface area (Å²) in [4.78, 5) is 12.5. The van der Waals surface area contributed by atoms with Gasteiger partial charge in [-0.05, 0) is 83.4 Å². The van der Waals surface area contributed by atoms with Crippen molar-refractivity contribution in [2.45, 2.75) is 96.0 Å². The van der Waals surface area contributed by atoms with Crippen molar-refractivity contribution in [3.63, 3.8) is 0 Å². The molecule has 2 saturated carbocycles. The van der Waals surface area contributed by atoms with Gasteiger partial charge in [0.25, 0.3) is 0 Å². The Morgan fingerprint density at radius 1 is 0.882 bits per heavy atom. The number of aliphatic hydroxyl groups is 1. The summed E-state index contributed by atoms with van der Waals surface area (Å²) in [6, 6.07) is 12.1. The van der Waals surface area contributed by atoms with Crippen LogP contribution in [0.5, 0.6) is 5.75 Å². The van der Waals surface area contributed by atoms with Crippen molar-refractivity contribution in [2.75, 3.05) is 38.7 Å². The van der Waals surface area contributed by atoms with Gasteiger partial charge in [-0.25, -0.2) is 4.98 Å². The quantitative estimate of drug-likeness (QED) is 0.0682. The second-order valence-electron chi connectivity index (χ2n) is 17.0. The number of hydrogen-bond donors (Lipinski definition) is 1. The van der Waals surface area contributed by atoms with E-state index in [1.54, 1.807) is 7.11 Å². The Labute approximate surface area is 314 Å². The number of rotatable bonds is 16. The molecule has 276 valence electrons. The van der Waals surface area contributed by atoms with Crippen LogP contribution in [-0.4, -0.2) is 74.6 Å². The summed E-state index contributed by atoms with van der Waals surface area (Å²) in [6.45, 7) is 16.5. The molecular weight excluding hydrogens is 739 g/mol. The van der Waals surface area contributed by atoms with Gasteiger partial charge in [-0.3, -0.25) is 4.98 Å². The maximum absolute atomic E-state index is 9.87. The number of aliphatic hydroxyl groups excluding tert-OH is 1. The Balaban J connectivity index is 1.39. The number of nitrogens with zero attached hydrogens (tertiary/aromatic N) is 5. The lowest BCUT2D eigenvalue weighted by Crippen LogP contribution is -2.34. The second kappa shape index (κ2) is 16.2. The Hall–Kier alpha value is -2.62. The smallest absolute Gasteiger partial charge is 0.165 e. The maximum Gasteiger partial charge on any atom is 0.165 e. The first-order valence-corrected chi connectivity index (χ1v) is 26.8. The van der Waals surface area contributed by atoms with Gasteiger partial charge in [0.15, 0.2) is 11.5 Å². The van der Waals surface area contributed by atoms with Crippen LogP contribution < -0.4 is 9.64 Å². The van der Waals surface area contributed by atoms with Crippen LogP contribution in [0.2, 0.25) is 51.4 Å². The van der Waals surface area contributed by atoms with Gasteiger partial charge in [0.1, 0.15) is 19.2 Å². The Morgan fingerprint density at radius 2 is 1.53 bits per heavy atom. The van der Waals surface area contributed by atoms with Gasteiger partial charge in [-0.15, -0.1) is 0 Å². The largest absolute Gasteiger partial charge is 0.496 e. The third-order valence-electron chi connectivity index (χ3n) is 10.5. The number of ether oxygens (including phenoxy) is 3. The number of fused-ring (bicyclic) bond motifs is 3. The molecule has 1 N–H and O–H groups in total. The van der Waals surface area contributed by atoms with E-state index in [0.717, 1.165) is 86.7 Å². The van der Waals surface area contributed by atoms with Crippen molar-refractivity contribution < 1.29 is 19.3 Å². The molecule has 3 atom stereocenters. The molecule has 0 unspecified atom stereocenters. The van der Waals surface area contributed by atoms with Crippen molar-refractivity contribution in [3.05, 3.63) is 58.5 Å². The predicted octanol–water partition coefficient (Wildman–Crippen LogP) is 9.45. The van der Waals surface area contributed by atoms with E-state index in [1.807, 2.05) is 41.2 Å². The fourth-order valence-electron chi connectivity index (χ4n) is 7.50. The SMILES string of the molecule is COc1ccc(-c2ccc(-c3cnn4c(N(COCC[Si](C)(C)C)COCC[Si](C)(C)C)c(Br)c([C@H]5C[C@@H]6CC[C@@H](C6)C5)nc34)cn2)cc1CO. The number of benzene rings is 1. The van der Waals surface area contributed by atoms with E-state index in [0.29, 0.717) is 25.1 Å². The molecule has 3 aromatic heterocycles. The lowest BCUT2D eigenvalue weighted by molar-refractivity contribution is 0.0941. The molecule has 2 aliphatic carbocycles. The van der Waals surface area contributed by atoms with Gasteiger partial charge in [0, 0.05) is 63.7 Å². The molecule has 2 fully saturated rings. The number of anilines is 1. The van der Waals surface area contributed by atoms with Crippen molar-refractivity contribution >= 4 is 43.5 Å². The van der Waals surface area contributed by atoms with Gasteiger partial charge >= 0.3 is 0 Å². The highest BCUT2D eigenvalue weighted by atomic mass is 79.9. The molecule has 3 heterocycles. The van der Waals surface area contributed by atoms with Crippen LogP contribution >= 0.6 is 15.9 Å². The van der Waals surface area contributed by atoms with Gasteiger partial charge in [0.05, 0.1) is 35.8 Å². The molecule has 1 aromatic carbocycles. The molecule has 0 spiro atoms. The second-order valence-corrected chi connectivity index (χ2v) is 29.0. The summed E-state index contributed by atoms with van der Waals surface area (Å²) in [6.07, 6.45) is 10.2. The average Bonchev–Trinajstić information content (AvgIpc) is 3.67. The molecule has 51 heavy (non-hydrogen) atoms. The first kappa shape index (κ1) is 38.1. The fraction of sp³-hybridized carbons (Fsp3) is 0.564. The zero-order chi connectivity index (χ0) is 36.3. The molecule has 9 nitrogen and oxygen atoms in total. The standard InChI is InChI=1S/C39H56BrN5O4Si2/c1-47-35-13-11-29(21-32(35)24-46)34-12-10-30(22-41-34)33-23-42-45-38(33)43-37(31-19-27-8-9-28(18-27)20-31)36(40)39(45)44(25-48-14-16-50(2,3)4)26-49-15-17-51(5,6)7/h10-13,21-23,27-28,31,46H,8-9,14-20,24-26H2,1-7H3/t27-,28+,31+. The summed E-state index contributed by atoms with van der Waals surface area (Å²) in [5, 5.41) is 14.8. The average molecular weight is 795 g/mol. The topological polar surface area (TPSA) is 94.2 Å². The van der Waals surface area contributed by atoms with E-state index < -0.39 is 16.1 Å². The maximum atomic E-state index is 9.87. The highest BCUT2D eigenvalue weighted by molar-refractivity contribution is 9.10. The van der Waals surface area contributed by atoms with Crippen molar-refractivity contribution in [3.8, 4) is 28.1 Å². The van der Waals surface area contributed by atoms with Crippen LogP contribution in [0.4, 0.5) is 5.82 Å². The predicted molar refractivity (Wildman–Crippen MR) is 215 cm³/mol. The number of methoxy groups -OCH3 is 1. The molecule has 0 saturated heterocycles. The van der Waals surface area contributed by atoms with E-state index in [-0.39, 0.29) is 6.61 Å². The minimum Gasteiger partial charge on any atom is -0.496 e. The minimum absolute atomic E-state index is 0.102. The lowest BCUT2D eigenvalue weighted by atomic mass is 9.79. The summed E-state index contributed by atoms with van der Waals surface area (Å²) in [5.74, 6) is 3.53. The molecule has 4 aromatic rings. The lowest BCUT2D eigenvalue weighted by Gasteiger charge is -2.31. The van der Waals surface area contributed by atoms with Crippen LogP contribution in [-0.2, 0) is 16.1 Å². The van der Waals surface area contributed by atoms with Crippen LogP contribution in [0.1, 0.15) is 49.3 Å². The van der Waals surface area contributed by atoms with Gasteiger partial charge in [0.2, 0.25) is 0 Å². The minimum atomic E-state index is -1.25. The number of pyridine rings is 1. The van der Waals surface area contributed by atoms with Crippen LogP contribution in [0, 0.1) is 11.8 Å². The normalized spacial score (nSPS) is 19.2. The molecule has 6 rings (SSSR count). The van der Waals surface area contributed by atoms with E-state index in [4.69, 9.17) is 29.3 Å². The molecular formula is C39H56BrN5O4Si2. The van der Waals surface area contributed by atoms with E-state index in [1.165, 1.54) is 32.1 Å². The summed E-state index contributed by atoms with van der Waals surface area (Å²) >= 11 is 4.10. The van der Waals surface area contributed by atoms with Crippen LogP contribution in [0.3, 0.4) is 0 Å². The zero-order valence-corrected chi connectivity index (χ0v) is 35.1. The van der Waals surface area contributed by atoms with Crippen LogP contribution in [0.25, 0.3) is 28.0 Å². The zero-order valence-electron chi connectivity index (χ0n) is 31.5. The third-order valence-corrected chi connectivity index (χ3v) is 14.6. The fourth-order valence-corrected chi connectivity index (χ4v) is 9.85. The highest BCUT2D eigenvalue weighted by Gasteiger charge is 2.37. The molecule has 0 amide bonds. The van der Waals surface area contributed by atoms with E-state index in [2.05, 4.69) is 66.2 Å². The first-order valence-electron chi connectivity index (χ1n) is 18.6. The highest BCUT2D eigenvalue weighted by Crippen LogP contribution is 2.50. The molecule has 2 bridgehead atoms. The van der Waals surface area contributed by atoms with Crippen molar-refractivity contribution in [1.82, 2.24) is 19.6 Å². The summed E-state index contributed by atoms with van der Waals surface area (Å²) in [5.41, 5.74) is 6.29. The monoisotopic (exact) mass is 793 g/mol. The molecule has 0 radical (unpaired) electrons. The Kier molecular flexibility index (Phi) is 12.1. The molecule has 12 heteroatoms. The van der Waals surface area contributed by atoms with E-state index in [9.17, 15) is 5.11 Å². The molecule has 0 aliphatic heterocycles. The van der Waals surface area contributed by atoms with Crippen molar-refractivity contribution in [2.24, 2.45) is 11.8 Å². The Morgan fingerprint density at radius 3 is 2.10 bits per heavy atom. The van der Waals surface area contributed by atoms with Gasteiger partial charge in [-0.1, -0.05) is 58.2 Å². The first-order chi connectivity index (χ1) is 24.3. The van der Waals surface area contributed by atoms with Crippen LogP contribution in [0.15, 0.2) is 47.2 Å². The van der Waals surface area contributed by atoms with Gasteiger partial charge < -0.3 is 24.2 Å². The van der Waals surface area contributed by atoms with Gasteiger partial charge in [-0.2, -0.15) is 9.61 Å². The number of hydrogen-bond acceptors (Lipinski definition) is 8. The molecule has 2 aliphatic rings. The third kappa shape index (κ3) is 9.31. The summed E-state index contributed by atoms with van der Waals surface area (Å²) in [7, 11) is -0.893. The van der Waals surface area contributed by atoms with Crippen molar-refractivity contribution in [1.29, 1.82) is 0 Å². The van der Waals surface area contributed by atoms with E-state index >= 15 is 0 Å².